The molecule has 0 fully saturated rings. The van der Waals surface area contributed by atoms with Crippen molar-refractivity contribution >= 4 is 22.5 Å². The van der Waals surface area contributed by atoms with E-state index >= 15 is 0 Å². The number of aromatic nitrogens is 2. The fraction of sp³-hybridized carbons (Fsp3) is 0.100. The van der Waals surface area contributed by atoms with Crippen molar-refractivity contribution in [3.05, 3.63) is 132 Å². The van der Waals surface area contributed by atoms with Crippen molar-refractivity contribution in [2.45, 2.75) is 19.6 Å². The van der Waals surface area contributed by atoms with E-state index < -0.39 is 29.8 Å². The minimum absolute atomic E-state index is 0.152. The number of pyridine rings is 2. The third-order valence-electron chi connectivity index (χ3n) is 6.01. The van der Waals surface area contributed by atoms with Crippen LogP contribution >= 0.6 is 0 Å². The zero-order valence-electron chi connectivity index (χ0n) is 20.2. The molecule has 0 N–H and O–H groups in total. The maximum atomic E-state index is 14.3. The quantitative estimate of drug-likeness (QED) is 0.225. The summed E-state index contributed by atoms with van der Waals surface area (Å²) in [5.41, 5.74) is 2.70. The largest absolute Gasteiger partial charge is 0.487 e. The van der Waals surface area contributed by atoms with Crippen LogP contribution in [-0.2, 0) is 24.4 Å². The molecule has 0 bridgehead atoms. The number of para-hydroxylation sites is 1. The molecule has 0 aliphatic heterocycles. The summed E-state index contributed by atoms with van der Waals surface area (Å²) in [6.45, 7) is 0.414. The van der Waals surface area contributed by atoms with Gasteiger partial charge in [0.2, 0.25) is 5.91 Å². The molecule has 0 spiro atoms. The minimum atomic E-state index is -1.60. The Morgan fingerprint density at radius 3 is 2.45 bits per heavy atom. The topological polar surface area (TPSA) is 55.3 Å². The van der Waals surface area contributed by atoms with E-state index in [0.717, 1.165) is 34.3 Å². The van der Waals surface area contributed by atoms with Crippen molar-refractivity contribution in [3.8, 4) is 5.75 Å². The number of carbonyl (C=O) groups is 1. The fourth-order valence-electron chi connectivity index (χ4n) is 4.03. The molecular formula is C30H22F3N3O2. The Kier molecular flexibility index (Phi) is 7.31. The predicted molar refractivity (Wildman–Crippen MR) is 138 cm³/mol. The first-order valence-corrected chi connectivity index (χ1v) is 11.9. The van der Waals surface area contributed by atoms with E-state index in [-0.39, 0.29) is 18.7 Å². The first kappa shape index (κ1) is 25.0. The van der Waals surface area contributed by atoms with E-state index in [1.54, 1.807) is 48.8 Å². The highest BCUT2D eigenvalue weighted by molar-refractivity contribution is 5.94. The third kappa shape index (κ3) is 5.64. The molecule has 5 rings (SSSR count). The Morgan fingerprint density at radius 1 is 0.842 bits per heavy atom. The number of hydrogen-bond acceptors (Lipinski definition) is 4. The number of anilines is 1. The molecule has 0 atom stereocenters. The van der Waals surface area contributed by atoms with Gasteiger partial charge in [-0.1, -0.05) is 36.4 Å². The number of amides is 1. The van der Waals surface area contributed by atoms with Gasteiger partial charge < -0.3 is 9.64 Å². The lowest BCUT2D eigenvalue weighted by atomic mass is 10.1. The number of benzene rings is 3. The molecule has 0 aliphatic carbocycles. The van der Waals surface area contributed by atoms with Crippen molar-refractivity contribution in [3.63, 3.8) is 0 Å². The Labute approximate surface area is 217 Å². The molecule has 8 heteroatoms. The number of fused-ring (bicyclic) bond motifs is 1. The molecule has 2 aromatic heterocycles. The van der Waals surface area contributed by atoms with Crippen molar-refractivity contribution in [1.82, 2.24) is 9.97 Å². The SMILES string of the molecule is O=C(Cc1ccc(F)c(F)c1F)N(Cc1cccnc1)c1ccc(OCc2ccc3ccccc3n2)cc1. The molecule has 2 heterocycles. The second-order valence-electron chi connectivity index (χ2n) is 8.63. The first-order valence-electron chi connectivity index (χ1n) is 11.9. The molecule has 0 saturated heterocycles. The van der Waals surface area contributed by atoms with Crippen molar-refractivity contribution < 1.29 is 22.7 Å². The van der Waals surface area contributed by atoms with Gasteiger partial charge in [0.1, 0.15) is 12.4 Å². The predicted octanol–water partition coefficient (Wildman–Crippen LogP) is 6.40. The molecule has 1 amide bonds. The van der Waals surface area contributed by atoms with Crippen LogP contribution < -0.4 is 9.64 Å². The van der Waals surface area contributed by atoms with Crippen LogP contribution in [0.1, 0.15) is 16.8 Å². The molecular weight excluding hydrogens is 491 g/mol. The first-order chi connectivity index (χ1) is 18.5. The lowest BCUT2D eigenvalue weighted by molar-refractivity contribution is -0.118. The Hall–Kier alpha value is -4.72. The van der Waals surface area contributed by atoms with Gasteiger partial charge >= 0.3 is 0 Å². The number of halogens is 3. The average molecular weight is 514 g/mol. The zero-order valence-corrected chi connectivity index (χ0v) is 20.2. The van der Waals surface area contributed by atoms with E-state index in [0.29, 0.717) is 11.4 Å². The molecule has 5 aromatic rings. The summed E-state index contributed by atoms with van der Waals surface area (Å²) < 4.78 is 47.2. The van der Waals surface area contributed by atoms with Gasteiger partial charge in [0.05, 0.1) is 24.2 Å². The minimum Gasteiger partial charge on any atom is -0.487 e. The summed E-state index contributed by atoms with van der Waals surface area (Å²) >= 11 is 0. The highest BCUT2D eigenvalue weighted by Crippen LogP contribution is 2.24. The summed E-state index contributed by atoms with van der Waals surface area (Å²) in [7, 11) is 0. The Bertz CT molecular complexity index is 1580. The summed E-state index contributed by atoms with van der Waals surface area (Å²) in [4.78, 5) is 23.4. The highest BCUT2D eigenvalue weighted by Gasteiger charge is 2.21. The third-order valence-corrected chi connectivity index (χ3v) is 6.01. The molecule has 5 nitrogen and oxygen atoms in total. The van der Waals surface area contributed by atoms with Crippen LogP contribution in [0.25, 0.3) is 10.9 Å². The van der Waals surface area contributed by atoms with Crippen LogP contribution in [0.3, 0.4) is 0 Å². The molecule has 190 valence electrons. The van der Waals surface area contributed by atoms with Gasteiger partial charge in [-0.25, -0.2) is 18.2 Å². The van der Waals surface area contributed by atoms with Crippen molar-refractivity contribution in [2.75, 3.05) is 4.90 Å². The maximum Gasteiger partial charge on any atom is 0.231 e. The fourth-order valence-corrected chi connectivity index (χ4v) is 4.03. The van der Waals surface area contributed by atoms with Gasteiger partial charge in [-0.05, 0) is 54.1 Å². The van der Waals surface area contributed by atoms with Crippen molar-refractivity contribution in [1.29, 1.82) is 0 Å². The summed E-state index contributed by atoms with van der Waals surface area (Å²) in [6, 6.07) is 24.0. The van der Waals surface area contributed by atoms with Gasteiger partial charge in [-0.3, -0.25) is 9.78 Å². The smallest absolute Gasteiger partial charge is 0.231 e. The lowest BCUT2D eigenvalue weighted by Gasteiger charge is -2.23. The van der Waals surface area contributed by atoms with E-state index in [2.05, 4.69) is 9.97 Å². The van der Waals surface area contributed by atoms with Crippen LogP contribution in [0.15, 0.2) is 97.3 Å². The number of rotatable bonds is 8. The van der Waals surface area contributed by atoms with Gasteiger partial charge in [0.15, 0.2) is 17.5 Å². The summed E-state index contributed by atoms with van der Waals surface area (Å²) in [5.74, 6) is -4.19. The monoisotopic (exact) mass is 513 g/mol. The number of ether oxygens (including phenoxy) is 1. The van der Waals surface area contributed by atoms with E-state index in [1.807, 2.05) is 36.4 Å². The second kappa shape index (κ2) is 11.1. The Balaban J connectivity index is 1.34. The highest BCUT2D eigenvalue weighted by atomic mass is 19.2. The number of nitrogens with zero attached hydrogens (tertiary/aromatic N) is 3. The van der Waals surface area contributed by atoms with Crippen LogP contribution in [0.4, 0.5) is 18.9 Å². The van der Waals surface area contributed by atoms with Crippen LogP contribution in [-0.4, -0.2) is 15.9 Å². The normalized spacial score (nSPS) is 10.9. The van der Waals surface area contributed by atoms with E-state index in [4.69, 9.17) is 4.74 Å². The standard InChI is InChI=1S/C30H22F3N3O2/c31-26-14-8-22(29(32)30(26)33)16-28(37)36(18-20-4-3-15-34-17-20)24-10-12-25(13-11-24)38-19-23-9-7-21-5-1-2-6-27(21)35-23/h1-15,17H,16,18-19H2. The van der Waals surface area contributed by atoms with Gasteiger partial charge in [-0.2, -0.15) is 0 Å². The summed E-state index contributed by atoms with van der Waals surface area (Å²) in [5, 5.41) is 1.04. The van der Waals surface area contributed by atoms with Crippen LogP contribution in [0, 0.1) is 17.5 Å². The van der Waals surface area contributed by atoms with E-state index in [9.17, 15) is 18.0 Å². The molecule has 0 saturated carbocycles. The molecule has 0 aliphatic rings. The summed E-state index contributed by atoms with van der Waals surface area (Å²) in [6.07, 6.45) is 2.78. The lowest BCUT2D eigenvalue weighted by Crippen LogP contribution is -2.32. The van der Waals surface area contributed by atoms with Crippen LogP contribution in [0.5, 0.6) is 5.75 Å². The zero-order chi connectivity index (χ0) is 26.5. The molecule has 0 radical (unpaired) electrons. The molecule has 3 aromatic carbocycles. The number of carbonyl (C=O) groups excluding carboxylic acids is 1. The molecule has 0 unspecified atom stereocenters. The Morgan fingerprint density at radius 2 is 1.66 bits per heavy atom. The van der Waals surface area contributed by atoms with E-state index in [1.165, 1.54) is 4.90 Å². The van der Waals surface area contributed by atoms with Gasteiger partial charge in [0.25, 0.3) is 0 Å². The van der Waals surface area contributed by atoms with Crippen molar-refractivity contribution in [2.24, 2.45) is 0 Å². The second-order valence-corrected chi connectivity index (χ2v) is 8.63. The molecule has 38 heavy (non-hydrogen) atoms. The average Bonchev–Trinajstić information content (AvgIpc) is 2.96. The van der Waals surface area contributed by atoms with Crippen LogP contribution in [0.2, 0.25) is 0 Å². The maximum absolute atomic E-state index is 14.3. The van der Waals surface area contributed by atoms with Gasteiger partial charge in [0, 0.05) is 29.0 Å². The van der Waals surface area contributed by atoms with Gasteiger partial charge in [-0.15, -0.1) is 0 Å². The number of hydrogen-bond donors (Lipinski definition) is 0.